The summed E-state index contributed by atoms with van der Waals surface area (Å²) in [7, 11) is 0. The van der Waals surface area contributed by atoms with Crippen LogP contribution in [-0.2, 0) is 9.53 Å². The molecule has 0 saturated carbocycles. The van der Waals surface area contributed by atoms with Gasteiger partial charge in [-0.1, -0.05) is 5.92 Å². The molecule has 1 aliphatic heterocycles. The van der Waals surface area contributed by atoms with Crippen molar-refractivity contribution in [2.45, 2.75) is 25.4 Å². The Hall–Kier alpha value is -1.05. The van der Waals surface area contributed by atoms with Crippen LogP contribution in [0.2, 0.25) is 0 Å². The first-order valence-electron chi connectivity index (χ1n) is 5.35. The quantitative estimate of drug-likeness (QED) is 0.492. The Balaban J connectivity index is 1.96. The molecule has 0 radical (unpaired) electrons. The second-order valence-electron chi connectivity index (χ2n) is 3.55. The van der Waals surface area contributed by atoms with E-state index in [9.17, 15) is 4.79 Å². The fourth-order valence-corrected chi connectivity index (χ4v) is 1.53. The number of piperidine rings is 1. The summed E-state index contributed by atoms with van der Waals surface area (Å²) < 4.78 is 5.61. The largest absolute Gasteiger partial charge is 0.376 e. The van der Waals surface area contributed by atoms with E-state index in [0.717, 1.165) is 25.9 Å². The van der Waals surface area contributed by atoms with Gasteiger partial charge in [-0.15, -0.1) is 6.42 Å². The third-order valence-electron chi connectivity index (χ3n) is 2.33. The van der Waals surface area contributed by atoms with Crippen molar-refractivity contribution in [1.29, 1.82) is 0 Å². The minimum atomic E-state index is -0.105. The zero-order valence-corrected chi connectivity index (χ0v) is 8.92. The normalized spacial score (nSPS) is 17.0. The minimum Gasteiger partial charge on any atom is -0.376 e. The van der Waals surface area contributed by atoms with E-state index in [0.29, 0.717) is 19.3 Å². The standard InChI is InChI=1S/C11H18N2O2/c1-2-3-11(14)13-8-9-15-10-4-6-12-7-5-10/h1,10,12H,3-9H2,(H,13,14). The first-order valence-corrected chi connectivity index (χ1v) is 5.35. The molecule has 1 saturated heterocycles. The maximum absolute atomic E-state index is 11.0. The molecule has 1 aliphatic rings. The summed E-state index contributed by atoms with van der Waals surface area (Å²) in [5, 5.41) is 5.97. The zero-order chi connectivity index (χ0) is 10.9. The molecular formula is C11H18N2O2. The number of carbonyl (C=O) groups excluding carboxylic acids is 1. The van der Waals surface area contributed by atoms with Gasteiger partial charge in [0.05, 0.1) is 19.1 Å². The van der Waals surface area contributed by atoms with Crippen LogP contribution < -0.4 is 10.6 Å². The number of rotatable bonds is 5. The van der Waals surface area contributed by atoms with Gasteiger partial charge < -0.3 is 15.4 Å². The molecule has 0 unspecified atom stereocenters. The summed E-state index contributed by atoms with van der Waals surface area (Å²) in [6.45, 7) is 3.16. The molecule has 1 rings (SSSR count). The van der Waals surface area contributed by atoms with Crippen LogP contribution in [0.1, 0.15) is 19.3 Å². The maximum atomic E-state index is 11.0. The average Bonchev–Trinajstić information content (AvgIpc) is 2.26. The third kappa shape index (κ3) is 5.40. The van der Waals surface area contributed by atoms with Crippen molar-refractivity contribution in [2.75, 3.05) is 26.2 Å². The highest BCUT2D eigenvalue weighted by Crippen LogP contribution is 2.06. The number of carbonyl (C=O) groups is 1. The van der Waals surface area contributed by atoms with Crippen molar-refractivity contribution in [1.82, 2.24) is 10.6 Å². The molecule has 0 aliphatic carbocycles. The highest BCUT2D eigenvalue weighted by Gasteiger charge is 2.12. The number of hydrogen-bond acceptors (Lipinski definition) is 3. The molecular weight excluding hydrogens is 192 g/mol. The van der Waals surface area contributed by atoms with Gasteiger partial charge in [-0.05, 0) is 25.9 Å². The summed E-state index contributed by atoms with van der Waals surface area (Å²) in [6.07, 6.45) is 7.60. The molecule has 15 heavy (non-hydrogen) atoms. The highest BCUT2D eigenvalue weighted by molar-refractivity contribution is 5.78. The van der Waals surface area contributed by atoms with E-state index < -0.39 is 0 Å². The number of ether oxygens (including phenoxy) is 1. The first kappa shape index (κ1) is 12.0. The lowest BCUT2D eigenvalue weighted by Crippen LogP contribution is -2.34. The molecule has 0 aromatic carbocycles. The van der Waals surface area contributed by atoms with Gasteiger partial charge in [-0.3, -0.25) is 4.79 Å². The van der Waals surface area contributed by atoms with Crippen LogP contribution in [0.15, 0.2) is 0 Å². The Bertz CT molecular complexity index is 229. The van der Waals surface area contributed by atoms with E-state index >= 15 is 0 Å². The Morgan fingerprint density at radius 2 is 2.27 bits per heavy atom. The van der Waals surface area contributed by atoms with Gasteiger partial charge in [-0.2, -0.15) is 0 Å². The van der Waals surface area contributed by atoms with E-state index in [4.69, 9.17) is 11.2 Å². The van der Waals surface area contributed by atoms with Gasteiger partial charge in [0, 0.05) is 6.54 Å². The summed E-state index contributed by atoms with van der Waals surface area (Å²) in [6, 6.07) is 0. The van der Waals surface area contributed by atoms with Gasteiger partial charge in [0.15, 0.2) is 0 Å². The summed E-state index contributed by atoms with van der Waals surface area (Å²) >= 11 is 0. The van der Waals surface area contributed by atoms with E-state index in [2.05, 4.69) is 16.6 Å². The molecule has 0 atom stereocenters. The van der Waals surface area contributed by atoms with Crippen LogP contribution in [0.5, 0.6) is 0 Å². The fraction of sp³-hybridized carbons (Fsp3) is 0.727. The van der Waals surface area contributed by atoms with Crippen LogP contribution in [0.3, 0.4) is 0 Å². The van der Waals surface area contributed by atoms with E-state index in [-0.39, 0.29) is 12.3 Å². The number of nitrogens with one attached hydrogen (secondary N) is 2. The van der Waals surface area contributed by atoms with Crippen molar-refractivity contribution in [2.24, 2.45) is 0 Å². The Kier molecular flexibility index (Phi) is 5.83. The summed E-state index contributed by atoms with van der Waals surface area (Å²) in [4.78, 5) is 11.0. The Labute approximate surface area is 90.8 Å². The van der Waals surface area contributed by atoms with Crippen molar-refractivity contribution < 1.29 is 9.53 Å². The molecule has 1 heterocycles. The molecule has 0 spiro atoms. The van der Waals surface area contributed by atoms with Gasteiger partial charge in [0.1, 0.15) is 0 Å². The summed E-state index contributed by atoms with van der Waals surface area (Å²) in [5.74, 6) is 2.19. The van der Waals surface area contributed by atoms with E-state index in [1.165, 1.54) is 0 Å². The number of amides is 1. The fourth-order valence-electron chi connectivity index (χ4n) is 1.53. The lowest BCUT2D eigenvalue weighted by Gasteiger charge is -2.22. The lowest BCUT2D eigenvalue weighted by molar-refractivity contribution is -0.120. The maximum Gasteiger partial charge on any atom is 0.232 e. The van der Waals surface area contributed by atoms with Crippen LogP contribution >= 0.6 is 0 Å². The predicted molar refractivity (Wildman–Crippen MR) is 58.3 cm³/mol. The molecule has 2 N–H and O–H groups in total. The van der Waals surface area contributed by atoms with Crippen molar-refractivity contribution in [3.8, 4) is 12.3 Å². The molecule has 0 aromatic heterocycles. The Morgan fingerprint density at radius 1 is 1.53 bits per heavy atom. The van der Waals surface area contributed by atoms with Crippen LogP contribution in [0.4, 0.5) is 0 Å². The van der Waals surface area contributed by atoms with Gasteiger partial charge in [0.2, 0.25) is 5.91 Å². The monoisotopic (exact) mass is 210 g/mol. The van der Waals surface area contributed by atoms with Gasteiger partial charge in [-0.25, -0.2) is 0 Å². The van der Waals surface area contributed by atoms with E-state index in [1.54, 1.807) is 0 Å². The van der Waals surface area contributed by atoms with Gasteiger partial charge >= 0.3 is 0 Å². The SMILES string of the molecule is C#CCC(=O)NCCOC1CCNCC1. The molecule has 84 valence electrons. The topological polar surface area (TPSA) is 50.4 Å². The minimum absolute atomic E-state index is 0.105. The van der Waals surface area contributed by atoms with Crippen LogP contribution in [0.25, 0.3) is 0 Å². The molecule has 1 fully saturated rings. The van der Waals surface area contributed by atoms with Crippen LogP contribution in [0, 0.1) is 12.3 Å². The Morgan fingerprint density at radius 3 is 2.93 bits per heavy atom. The predicted octanol–water partition coefficient (Wildman–Crippen LogP) is -0.105. The van der Waals surface area contributed by atoms with Crippen molar-refractivity contribution in [3.05, 3.63) is 0 Å². The van der Waals surface area contributed by atoms with Gasteiger partial charge in [0.25, 0.3) is 0 Å². The molecule has 1 amide bonds. The molecule has 0 aromatic rings. The lowest BCUT2D eigenvalue weighted by atomic mass is 10.1. The molecule has 4 nitrogen and oxygen atoms in total. The zero-order valence-electron chi connectivity index (χ0n) is 8.92. The summed E-state index contributed by atoms with van der Waals surface area (Å²) in [5.41, 5.74) is 0. The number of terminal acetylenes is 1. The molecule has 0 bridgehead atoms. The third-order valence-corrected chi connectivity index (χ3v) is 2.33. The molecule has 4 heteroatoms. The average molecular weight is 210 g/mol. The number of hydrogen-bond donors (Lipinski definition) is 2. The van der Waals surface area contributed by atoms with E-state index in [1.807, 2.05) is 0 Å². The highest BCUT2D eigenvalue weighted by atomic mass is 16.5. The van der Waals surface area contributed by atoms with Crippen molar-refractivity contribution in [3.63, 3.8) is 0 Å². The second-order valence-corrected chi connectivity index (χ2v) is 3.55. The smallest absolute Gasteiger partial charge is 0.232 e. The van der Waals surface area contributed by atoms with Crippen molar-refractivity contribution >= 4 is 5.91 Å². The second kappa shape index (κ2) is 7.27. The van der Waals surface area contributed by atoms with Crippen LogP contribution in [-0.4, -0.2) is 38.3 Å². The first-order chi connectivity index (χ1) is 7.33.